The second kappa shape index (κ2) is 6.90. The summed E-state index contributed by atoms with van der Waals surface area (Å²) in [5.74, 6) is -1.71. The molecule has 1 amide bonds. The highest BCUT2D eigenvalue weighted by Gasteiger charge is 2.22. The smallest absolute Gasteiger partial charge is 0.266 e. The minimum Gasteiger partial charge on any atom is -0.506 e. The molecule has 0 atom stereocenters. The van der Waals surface area contributed by atoms with Gasteiger partial charge in [-0.3, -0.25) is 9.59 Å². The Labute approximate surface area is 164 Å². The first-order valence-corrected chi connectivity index (χ1v) is 8.82. The third-order valence-electron chi connectivity index (χ3n) is 4.63. The Balaban J connectivity index is 1.78. The van der Waals surface area contributed by atoms with Crippen LogP contribution in [0.1, 0.15) is 21.5 Å². The standard InChI is InChI=1S/C21H17FN4O3/c1-11-4-3-5-14(8-11)26-19-15(10-23-26)18(27)17(21(29)25-19)20(28)24-16-7-6-13(22)9-12(16)2/h3-10H,1-2H3,(H,24,28)(H2,25,27,29). The summed E-state index contributed by atoms with van der Waals surface area (Å²) < 4.78 is 14.7. The van der Waals surface area contributed by atoms with Gasteiger partial charge in [-0.15, -0.1) is 0 Å². The average molecular weight is 392 g/mol. The maximum absolute atomic E-state index is 13.3. The van der Waals surface area contributed by atoms with Gasteiger partial charge in [-0.1, -0.05) is 12.1 Å². The summed E-state index contributed by atoms with van der Waals surface area (Å²) in [6.07, 6.45) is 1.38. The molecule has 0 aliphatic rings. The van der Waals surface area contributed by atoms with Gasteiger partial charge in [0.25, 0.3) is 11.5 Å². The fourth-order valence-electron chi connectivity index (χ4n) is 3.17. The number of H-pyrrole nitrogens is 1. The number of carbonyl (C=O) groups excluding carboxylic acids is 1. The zero-order valence-corrected chi connectivity index (χ0v) is 15.7. The Morgan fingerprint density at radius 1 is 1.21 bits per heavy atom. The molecule has 2 aromatic carbocycles. The number of nitrogens with zero attached hydrogens (tertiary/aromatic N) is 2. The van der Waals surface area contributed by atoms with Crippen LogP contribution in [0.3, 0.4) is 0 Å². The fourth-order valence-corrected chi connectivity index (χ4v) is 3.17. The van der Waals surface area contributed by atoms with Crippen molar-refractivity contribution < 1.29 is 14.3 Å². The normalized spacial score (nSPS) is 11.0. The van der Waals surface area contributed by atoms with Gasteiger partial charge >= 0.3 is 0 Å². The van der Waals surface area contributed by atoms with Gasteiger partial charge in [0, 0.05) is 5.69 Å². The number of anilines is 1. The maximum Gasteiger partial charge on any atom is 0.266 e. The van der Waals surface area contributed by atoms with Gasteiger partial charge in [-0.05, 0) is 55.3 Å². The van der Waals surface area contributed by atoms with Crippen molar-refractivity contribution >= 4 is 22.6 Å². The molecule has 2 aromatic heterocycles. The average Bonchev–Trinajstić information content (AvgIpc) is 3.08. The van der Waals surface area contributed by atoms with Crippen molar-refractivity contribution in [1.29, 1.82) is 0 Å². The fraction of sp³-hybridized carbons (Fsp3) is 0.0952. The Kier molecular flexibility index (Phi) is 4.38. The van der Waals surface area contributed by atoms with Crippen LogP contribution in [-0.4, -0.2) is 25.8 Å². The monoisotopic (exact) mass is 392 g/mol. The molecule has 0 fully saturated rings. The topological polar surface area (TPSA) is 100 Å². The lowest BCUT2D eigenvalue weighted by Crippen LogP contribution is -2.24. The first-order chi connectivity index (χ1) is 13.8. The van der Waals surface area contributed by atoms with Crippen LogP contribution in [0.2, 0.25) is 0 Å². The number of hydrogen-bond acceptors (Lipinski definition) is 4. The lowest BCUT2D eigenvalue weighted by molar-refractivity contribution is 0.102. The number of aromatic hydroxyl groups is 1. The third-order valence-corrected chi connectivity index (χ3v) is 4.63. The number of hydrogen-bond donors (Lipinski definition) is 3. The predicted octanol–water partition coefficient (Wildman–Crippen LogP) is 3.43. The molecule has 0 saturated carbocycles. The molecular formula is C21H17FN4O3. The lowest BCUT2D eigenvalue weighted by atomic mass is 10.1. The highest BCUT2D eigenvalue weighted by molar-refractivity contribution is 6.09. The van der Waals surface area contributed by atoms with Gasteiger partial charge in [0.2, 0.25) is 0 Å². The Hall–Kier alpha value is -3.94. The van der Waals surface area contributed by atoms with Crippen molar-refractivity contribution in [1.82, 2.24) is 14.8 Å². The number of halogens is 1. The summed E-state index contributed by atoms with van der Waals surface area (Å²) in [6, 6.07) is 11.3. The Morgan fingerprint density at radius 3 is 2.72 bits per heavy atom. The van der Waals surface area contributed by atoms with Crippen molar-refractivity contribution in [3.63, 3.8) is 0 Å². The highest BCUT2D eigenvalue weighted by atomic mass is 19.1. The van der Waals surface area contributed by atoms with Crippen molar-refractivity contribution in [3.05, 3.63) is 81.5 Å². The second-order valence-electron chi connectivity index (χ2n) is 6.75. The number of aromatic amines is 1. The number of amides is 1. The minimum absolute atomic E-state index is 0.229. The minimum atomic E-state index is -0.802. The number of pyridine rings is 1. The van der Waals surface area contributed by atoms with Gasteiger partial charge in [0.1, 0.15) is 22.8 Å². The summed E-state index contributed by atoms with van der Waals surface area (Å²) in [4.78, 5) is 27.9. The van der Waals surface area contributed by atoms with Gasteiger partial charge in [-0.25, -0.2) is 9.07 Å². The predicted molar refractivity (Wildman–Crippen MR) is 107 cm³/mol. The second-order valence-corrected chi connectivity index (χ2v) is 6.75. The zero-order chi connectivity index (χ0) is 20.7. The third kappa shape index (κ3) is 3.25. The van der Waals surface area contributed by atoms with Gasteiger partial charge in [0.05, 0.1) is 17.3 Å². The van der Waals surface area contributed by atoms with Crippen molar-refractivity contribution in [3.8, 4) is 11.4 Å². The quantitative estimate of drug-likeness (QED) is 0.497. The molecule has 4 rings (SSSR count). The molecule has 29 heavy (non-hydrogen) atoms. The molecule has 8 heteroatoms. The van der Waals surface area contributed by atoms with E-state index in [2.05, 4.69) is 15.4 Å². The van der Waals surface area contributed by atoms with E-state index in [0.29, 0.717) is 16.9 Å². The Morgan fingerprint density at radius 2 is 2.00 bits per heavy atom. The molecule has 0 bridgehead atoms. The van der Waals surface area contributed by atoms with Crippen LogP contribution in [0.15, 0.2) is 53.5 Å². The van der Waals surface area contributed by atoms with Crippen LogP contribution in [0.4, 0.5) is 10.1 Å². The van der Waals surface area contributed by atoms with Crippen LogP contribution in [0.25, 0.3) is 16.7 Å². The number of aromatic nitrogens is 3. The maximum atomic E-state index is 13.3. The highest BCUT2D eigenvalue weighted by Crippen LogP contribution is 2.27. The summed E-state index contributed by atoms with van der Waals surface area (Å²) >= 11 is 0. The molecule has 0 radical (unpaired) electrons. The molecule has 146 valence electrons. The number of rotatable bonds is 3. The molecule has 0 aliphatic heterocycles. The van der Waals surface area contributed by atoms with E-state index >= 15 is 0 Å². The number of aryl methyl sites for hydroxylation is 2. The molecule has 4 aromatic rings. The molecule has 0 aliphatic carbocycles. The van der Waals surface area contributed by atoms with E-state index in [4.69, 9.17) is 0 Å². The SMILES string of the molecule is Cc1cccc(-n2ncc3c(O)c(C(=O)Nc4ccc(F)cc4C)c(=O)[nH]c32)c1. The van der Waals surface area contributed by atoms with Crippen LogP contribution >= 0.6 is 0 Å². The van der Waals surface area contributed by atoms with Gasteiger partial charge in [-0.2, -0.15) is 5.10 Å². The Bertz CT molecular complexity index is 1320. The van der Waals surface area contributed by atoms with E-state index in [9.17, 15) is 19.1 Å². The van der Waals surface area contributed by atoms with E-state index in [0.717, 1.165) is 5.56 Å². The van der Waals surface area contributed by atoms with Crippen LogP contribution in [0, 0.1) is 19.7 Å². The van der Waals surface area contributed by atoms with E-state index in [1.54, 1.807) is 6.92 Å². The lowest BCUT2D eigenvalue weighted by Gasteiger charge is -2.10. The van der Waals surface area contributed by atoms with E-state index < -0.39 is 28.6 Å². The molecule has 0 unspecified atom stereocenters. The molecule has 7 nitrogen and oxygen atoms in total. The van der Waals surface area contributed by atoms with E-state index in [1.807, 2.05) is 31.2 Å². The number of fused-ring (bicyclic) bond motifs is 1. The van der Waals surface area contributed by atoms with Crippen molar-refractivity contribution in [2.24, 2.45) is 0 Å². The summed E-state index contributed by atoms with van der Waals surface area (Å²) in [5.41, 5.74) is 1.60. The largest absolute Gasteiger partial charge is 0.506 e. The molecule has 0 spiro atoms. The number of carbonyl (C=O) groups is 1. The van der Waals surface area contributed by atoms with E-state index in [-0.39, 0.29) is 11.0 Å². The van der Waals surface area contributed by atoms with Gasteiger partial charge in [0.15, 0.2) is 0 Å². The number of nitrogens with one attached hydrogen (secondary N) is 2. The van der Waals surface area contributed by atoms with Crippen LogP contribution in [-0.2, 0) is 0 Å². The summed E-state index contributed by atoms with van der Waals surface area (Å²) in [5, 5.41) is 17.6. The zero-order valence-electron chi connectivity index (χ0n) is 15.7. The van der Waals surface area contributed by atoms with E-state index in [1.165, 1.54) is 29.1 Å². The number of benzene rings is 2. The van der Waals surface area contributed by atoms with Crippen molar-refractivity contribution in [2.75, 3.05) is 5.32 Å². The van der Waals surface area contributed by atoms with Crippen molar-refractivity contribution in [2.45, 2.75) is 13.8 Å². The molecule has 2 heterocycles. The molecular weight excluding hydrogens is 375 g/mol. The summed E-state index contributed by atoms with van der Waals surface area (Å²) in [6.45, 7) is 3.55. The molecule has 0 saturated heterocycles. The first kappa shape index (κ1) is 18.4. The first-order valence-electron chi connectivity index (χ1n) is 8.82. The molecule has 3 N–H and O–H groups in total. The van der Waals surface area contributed by atoms with Gasteiger partial charge < -0.3 is 15.4 Å². The van der Waals surface area contributed by atoms with Crippen LogP contribution in [0.5, 0.6) is 5.75 Å². The van der Waals surface area contributed by atoms with Crippen LogP contribution < -0.4 is 10.9 Å². The summed E-state index contributed by atoms with van der Waals surface area (Å²) in [7, 11) is 0.